The molecule has 1 N–H and O–H groups in total. The second-order valence-corrected chi connectivity index (χ2v) is 7.17. The highest BCUT2D eigenvalue weighted by molar-refractivity contribution is 8.00. The van der Waals surface area contributed by atoms with Crippen molar-refractivity contribution in [3.8, 4) is 0 Å². The van der Waals surface area contributed by atoms with Gasteiger partial charge >= 0.3 is 0 Å². The maximum absolute atomic E-state index is 4.71. The number of thioether (sulfide) groups is 1. The zero-order chi connectivity index (χ0) is 12.3. The summed E-state index contributed by atoms with van der Waals surface area (Å²) in [6.45, 7) is 9.78. The van der Waals surface area contributed by atoms with E-state index in [-0.39, 0.29) is 0 Å². The first-order chi connectivity index (χ1) is 8.15. The smallest absolute Gasteiger partial charge is 0.185 e. The number of nitrogens with one attached hydrogen (secondary N) is 1. The summed E-state index contributed by atoms with van der Waals surface area (Å²) < 4.78 is 0. The molecule has 1 aromatic rings. The van der Waals surface area contributed by atoms with Gasteiger partial charge in [0.25, 0.3) is 0 Å². The summed E-state index contributed by atoms with van der Waals surface area (Å²) in [6, 6.07) is 0.520. The summed E-state index contributed by atoms with van der Waals surface area (Å²) in [6.07, 6.45) is 0. The SMILES string of the molecule is CC(C)NCc1csc(N2CCSC(C)C2)n1. The van der Waals surface area contributed by atoms with Crippen molar-refractivity contribution in [2.75, 3.05) is 23.7 Å². The molecule has 1 atom stereocenters. The second kappa shape index (κ2) is 6.07. The molecule has 1 fully saturated rings. The highest BCUT2D eigenvalue weighted by Gasteiger charge is 2.19. The lowest BCUT2D eigenvalue weighted by molar-refractivity contribution is 0.582. The van der Waals surface area contributed by atoms with E-state index in [0.29, 0.717) is 6.04 Å². The van der Waals surface area contributed by atoms with E-state index in [1.54, 1.807) is 11.3 Å². The van der Waals surface area contributed by atoms with Crippen LogP contribution >= 0.6 is 23.1 Å². The Morgan fingerprint density at radius 3 is 3.12 bits per heavy atom. The molecule has 1 saturated heterocycles. The molecule has 0 bridgehead atoms. The molecule has 1 aromatic heterocycles. The minimum Gasteiger partial charge on any atom is -0.346 e. The summed E-state index contributed by atoms with van der Waals surface area (Å²) in [4.78, 5) is 7.13. The number of hydrogen-bond donors (Lipinski definition) is 1. The average molecular weight is 271 g/mol. The van der Waals surface area contributed by atoms with Crippen molar-refractivity contribution in [3.05, 3.63) is 11.1 Å². The molecule has 1 aliphatic heterocycles. The van der Waals surface area contributed by atoms with Crippen molar-refractivity contribution in [2.24, 2.45) is 0 Å². The molecule has 2 heterocycles. The first-order valence-corrected chi connectivity index (χ1v) is 8.12. The van der Waals surface area contributed by atoms with Gasteiger partial charge in [0, 0.05) is 42.1 Å². The molecular formula is C12H21N3S2. The van der Waals surface area contributed by atoms with Crippen LogP contribution in [0.15, 0.2) is 5.38 Å². The molecule has 96 valence electrons. The van der Waals surface area contributed by atoms with E-state index in [1.165, 1.54) is 16.6 Å². The molecule has 0 aliphatic carbocycles. The number of nitrogens with zero attached hydrogens (tertiary/aromatic N) is 2. The van der Waals surface area contributed by atoms with Crippen LogP contribution in [-0.2, 0) is 6.54 Å². The molecule has 5 heteroatoms. The zero-order valence-electron chi connectivity index (χ0n) is 10.8. The van der Waals surface area contributed by atoms with E-state index in [1.807, 2.05) is 0 Å². The van der Waals surface area contributed by atoms with Crippen LogP contribution in [0.4, 0.5) is 5.13 Å². The quantitative estimate of drug-likeness (QED) is 0.911. The molecule has 0 saturated carbocycles. The maximum Gasteiger partial charge on any atom is 0.185 e. The molecule has 1 aliphatic rings. The van der Waals surface area contributed by atoms with Crippen molar-refractivity contribution in [1.82, 2.24) is 10.3 Å². The standard InChI is InChI=1S/C12H21N3S2/c1-9(2)13-6-11-8-17-12(14-11)15-4-5-16-10(3)7-15/h8-10,13H,4-7H2,1-3H3. The summed E-state index contributed by atoms with van der Waals surface area (Å²) >= 11 is 3.84. The molecule has 3 nitrogen and oxygen atoms in total. The third kappa shape index (κ3) is 3.86. The van der Waals surface area contributed by atoms with Crippen molar-refractivity contribution in [3.63, 3.8) is 0 Å². The minimum atomic E-state index is 0.520. The van der Waals surface area contributed by atoms with Crippen molar-refractivity contribution < 1.29 is 0 Å². The van der Waals surface area contributed by atoms with Crippen LogP contribution in [0.3, 0.4) is 0 Å². The van der Waals surface area contributed by atoms with Gasteiger partial charge < -0.3 is 10.2 Å². The fourth-order valence-corrected chi connectivity index (χ4v) is 3.70. The van der Waals surface area contributed by atoms with Gasteiger partial charge in [-0.1, -0.05) is 20.8 Å². The summed E-state index contributed by atoms with van der Waals surface area (Å²) in [5, 5.41) is 7.51. The fraction of sp³-hybridized carbons (Fsp3) is 0.750. The predicted octanol–water partition coefficient (Wildman–Crippen LogP) is 2.58. The number of hydrogen-bond acceptors (Lipinski definition) is 5. The molecule has 0 spiro atoms. The first kappa shape index (κ1) is 13.2. The zero-order valence-corrected chi connectivity index (χ0v) is 12.4. The topological polar surface area (TPSA) is 28.2 Å². The van der Waals surface area contributed by atoms with Crippen LogP contribution in [-0.4, -0.2) is 35.1 Å². The maximum atomic E-state index is 4.71. The first-order valence-electron chi connectivity index (χ1n) is 6.19. The Bertz CT molecular complexity index is 351. The van der Waals surface area contributed by atoms with E-state index in [9.17, 15) is 0 Å². The number of thiazole rings is 1. The van der Waals surface area contributed by atoms with Gasteiger partial charge in [0.2, 0.25) is 0 Å². The number of rotatable bonds is 4. The Hall–Kier alpha value is -0.260. The molecule has 2 rings (SSSR count). The van der Waals surface area contributed by atoms with Gasteiger partial charge in [0.1, 0.15) is 0 Å². The van der Waals surface area contributed by atoms with Gasteiger partial charge in [0.05, 0.1) is 5.69 Å². The van der Waals surface area contributed by atoms with Crippen LogP contribution < -0.4 is 10.2 Å². The lowest BCUT2D eigenvalue weighted by Gasteiger charge is -2.30. The summed E-state index contributed by atoms with van der Waals surface area (Å²) in [5.74, 6) is 1.22. The van der Waals surface area contributed by atoms with E-state index < -0.39 is 0 Å². The molecule has 1 unspecified atom stereocenters. The average Bonchev–Trinajstić information content (AvgIpc) is 2.75. The van der Waals surface area contributed by atoms with Crippen LogP contribution in [0, 0.1) is 0 Å². The van der Waals surface area contributed by atoms with E-state index in [0.717, 1.165) is 24.9 Å². The van der Waals surface area contributed by atoms with Gasteiger partial charge in [-0.05, 0) is 0 Å². The third-order valence-electron chi connectivity index (χ3n) is 2.74. The lowest BCUT2D eigenvalue weighted by atomic mass is 10.4. The van der Waals surface area contributed by atoms with Gasteiger partial charge in [-0.3, -0.25) is 0 Å². The van der Waals surface area contributed by atoms with Crippen LogP contribution in [0.2, 0.25) is 0 Å². The summed E-state index contributed by atoms with van der Waals surface area (Å²) in [5.41, 5.74) is 1.17. The van der Waals surface area contributed by atoms with Gasteiger partial charge in [-0.15, -0.1) is 11.3 Å². The normalized spacial score (nSPS) is 21.2. The van der Waals surface area contributed by atoms with Crippen molar-refractivity contribution in [2.45, 2.75) is 38.6 Å². The Morgan fingerprint density at radius 1 is 1.59 bits per heavy atom. The molecule has 0 amide bonds. The Labute approximate surface area is 112 Å². The summed E-state index contributed by atoms with van der Waals surface area (Å²) in [7, 11) is 0. The monoisotopic (exact) mass is 271 g/mol. The number of aromatic nitrogens is 1. The van der Waals surface area contributed by atoms with Gasteiger partial charge in [0.15, 0.2) is 5.13 Å². The predicted molar refractivity (Wildman–Crippen MR) is 78.2 cm³/mol. The number of anilines is 1. The van der Waals surface area contributed by atoms with Crippen molar-refractivity contribution >= 4 is 28.2 Å². The largest absolute Gasteiger partial charge is 0.346 e. The van der Waals surface area contributed by atoms with Gasteiger partial charge in [-0.25, -0.2) is 4.98 Å². The van der Waals surface area contributed by atoms with E-state index >= 15 is 0 Å². The Kier molecular flexibility index (Phi) is 4.70. The van der Waals surface area contributed by atoms with E-state index in [2.05, 4.69) is 48.1 Å². The third-order valence-corrected chi connectivity index (χ3v) is 4.83. The van der Waals surface area contributed by atoms with Gasteiger partial charge in [-0.2, -0.15) is 11.8 Å². The van der Waals surface area contributed by atoms with Crippen LogP contribution in [0.5, 0.6) is 0 Å². The highest BCUT2D eigenvalue weighted by atomic mass is 32.2. The molecule has 0 radical (unpaired) electrons. The van der Waals surface area contributed by atoms with Crippen LogP contribution in [0.1, 0.15) is 26.5 Å². The van der Waals surface area contributed by atoms with Crippen LogP contribution in [0.25, 0.3) is 0 Å². The molecular weight excluding hydrogens is 250 g/mol. The fourth-order valence-electron chi connectivity index (χ4n) is 1.82. The Balaban J connectivity index is 1.92. The molecule has 17 heavy (non-hydrogen) atoms. The highest BCUT2D eigenvalue weighted by Crippen LogP contribution is 2.26. The Morgan fingerprint density at radius 2 is 2.41 bits per heavy atom. The minimum absolute atomic E-state index is 0.520. The second-order valence-electron chi connectivity index (χ2n) is 4.78. The van der Waals surface area contributed by atoms with Crippen molar-refractivity contribution in [1.29, 1.82) is 0 Å². The lowest BCUT2D eigenvalue weighted by Crippen LogP contribution is -2.36. The van der Waals surface area contributed by atoms with E-state index in [4.69, 9.17) is 4.98 Å². The molecule has 0 aromatic carbocycles.